The van der Waals surface area contributed by atoms with E-state index in [0.717, 1.165) is 17.5 Å². The summed E-state index contributed by atoms with van der Waals surface area (Å²) >= 11 is 0. The summed E-state index contributed by atoms with van der Waals surface area (Å²) in [7, 11) is 0. The highest BCUT2D eigenvalue weighted by Crippen LogP contribution is 2.13. The molecule has 0 spiro atoms. The molecule has 1 atom stereocenters. The molecule has 2 N–H and O–H groups in total. The van der Waals surface area contributed by atoms with Gasteiger partial charge in [-0.2, -0.15) is 4.80 Å². The molecule has 128 valence electrons. The van der Waals surface area contributed by atoms with Crippen molar-refractivity contribution in [3.63, 3.8) is 0 Å². The Kier molecular flexibility index (Phi) is 6.00. The molecular weight excluding hydrogens is 310 g/mol. The number of rotatable bonds is 8. The molecule has 0 saturated heterocycles. The van der Waals surface area contributed by atoms with Crippen molar-refractivity contribution in [2.75, 3.05) is 6.54 Å². The first-order chi connectivity index (χ1) is 11.5. The lowest BCUT2D eigenvalue weighted by Crippen LogP contribution is -2.35. The minimum Gasteiger partial charge on any atom is -0.481 e. The maximum absolute atomic E-state index is 11.9. The van der Waals surface area contributed by atoms with Gasteiger partial charge < -0.3 is 10.4 Å². The first-order valence-corrected chi connectivity index (χ1v) is 7.84. The third-order valence-electron chi connectivity index (χ3n) is 3.58. The van der Waals surface area contributed by atoms with Gasteiger partial charge in [0.1, 0.15) is 6.54 Å². The van der Waals surface area contributed by atoms with E-state index < -0.39 is 11.9 Å². The van der Waals surface area contributed by atoms with Crippen LogP contribution in [0.5, 0.6) is 0 Å². The van der Waals surface area contributed by atoms with Crippen LogP contribution in [0.25, 0.3) is 11.4 Å². The lowest BCUT2D eigenvalue weighted by Gasteiger charge is -2.11. The van der Waals surface area contributed by atoms with Crippen LogP contribution in [-0.2, 0) is 16.1 Å². The van der Waals surface area contributed by atoms with Crippen LogP contribution in [0.2, 0.25) is 0 Å². The summed E-state index contributed by atoms with van der Waals surface area (Å²) < 4.78 is 0. The second-order valence-electron chi connectivity index (χ2n) is 5.64. The number of aliphatic carboxylic acids is 1. The summed E-state index contributed by atoms with van der Waals surface area (Å²) in [6.07, 6.45) is 1.27. The molecule has 0 radical (unpaired) electrons. The Morgan fingerprint density at radius 1 is 1.29 bits per heavy atom. The van der Waals surface area contributed by atoms with Crippen LogP contribution in [0.3, 0.4) is 0 Å². The fourth-order valence-electron chi connectivity index (χ4n) is 2.21. The number of aryl methyl sites for hydroxylation is 1. The second-order valence-corrected chi connectivity index (χ2v) is 5.64. The number of nitrogens with one attached hydrogen (secondary N) is 1. The topological polar surface area (TPSA) is 110 Å². The van der Waals surface area contributed by atoms with Gasteiger partial charge in [-0.1, -0.05) is 43.2 Å². The highest BCUT2D eigenvalue weighted by molar-refractivity contribution is 5.77. The van der Waals surface area contributed by atoms with Gasteiger partial charge >= 0.3 is 5.97 Å². The van der Waals surface area contributed by atoms with E-state index in [-0.39, 0.29) is 19.0 Å². The molecule has 1 aromatic carbocycles. The van der Waals surface area contributed by atoms with Gasteiger partial charge in [0.15, 0.2) is 0 Å². The number of hydrogen-bond donors (Lipinski definition) is 2. The molecule has 2 aromatic rings. The molecule has 1 amide bonds. The average molecular weight is 331 g/mol. The van der Waals surface area contributed by atoms with Crippen molar-refractivity contribution in [1.82, 2.24) is 25.5 Å². The SMILES string of the molecule is CCCC(CNC(=O)Cn1nnc(-c2ccc(C)cc2)n1)C(=O)O. The summed E-state index contributed by atoms with van der Waals surface area (Å²) in [6.45, 7) is 3.89. The zero-order valence-electron chi connectivity index (χ0n) is 13.8. The maximum atomic E-state index is 11.9. The van der Waals surface area contributed by atoms with E-state index in [1.165, 1.54) is 4.80 Å². The van der Waals surface area contributed by atoms with Crippen molar-refractivity contribution >= 4 is 11.9 Å². The van der Waals surface area contributed by atoms with Crippen molar-refractivity contribution in [3.8, 4) is 11.4 Å². The summed E-state index contributed by atoms with van der Waals surface area (Å²) in [5.74, 6) is -1.38. The third kappa shape index (κ3) is 4.87. The number of carboxylic acid groups (broad SMARTS) is 1. The molecule has 8 heteroatoms. The standard InChI is InChI=1S/C16H21N5O3/c1-3-4-13(16(23)24)9-17-14(22)10-21-19-15(18-20-21)12-7-5-11(2)6-8-12/h5-8,13H,3-4,9-10H2,1-2H3,(H,17,22)(H,23,24). The summed E-state index contributed by atoms with van der Waals surface area (Å²) in [6, 6.07) is 7.67. The van der Waals surface area contributed by atoms with Gasteiger partial charge in [0.2, 0.25) is 11.7 Å². The molecule has 0 fully saturated rings. The number of hydrogen-bond acceptors (Lipinski definition) is 5. The minimum atomic E-state index is -0.905. The number of tetrazole rings is 1. The van der Waals surface area contributed by atoms with Crippen molar-refractivity contribution in [2.24, 2.45) is 5.92 Å². The van der Waals surface area contributed by atoms with Crippen molar-refractivity contribution in [3.05, 3.63) is 29.8 Å². The van der Waals surface area contributed by atoms with Gasteiger partial charge in [-0.15, -0.1) is 10.2 Å². The number of carbonyl (C=O) groups is 2. The largest absolute Gasteiger partial charge is 0.481 e. The first kappa shape index (κ1) is 17.6. The molecule has 2 rings (SSSR count). The minimum absolute atomic E-state index is 0.0987. The number of amides is 1. The Labute approximate surface area is 139 Å². The number of carbonyl (C=O) groups excluding carboxylic acids is 1. The molecule has 0 aliphatic rings. The van der Waals surface area contributed by atoms with Crippen LogP contribution in [0.15, 0.2) is 24.3 Å². The van der Waals surface area contributed by atoms with Crippen LogP contribution < -0.4 is 5.32 Å². The Morgan fingerprint density at radius 2 is 2.00 bits per heavy atom. The van der Waals surface area contributed by atoms with Gasteiger partial charge in [0.05, 0.1) is 5.92 Å². The normalized spacial score (nSPS) is 11.9. The van der Waals surface area contributed by atoms with Crippen molar-refractivity contribution < 1.29 is 14.7 Å². The quantitative estimate of drug-likeness (QED) is 0.753. The predicted molar refractivity (Wildman–Crippen MR) is 87.0 cm³/mol. The Bertz CT molecular complexity index is 696. The van der Waals surface area contributed by atoms with E-state index in [9.17, 15) is 9.59 Å². The highest BCUT2D eigenvalue weighted by atomic mass is 16.4. The number of nitrogens with zero attached hydrogens (tertiary/aromatic N) is 4. The fourth-order valence-corrected chi connectivity index (χ4v) is 2.21. The lowest BCUT2D eigenvalue weighted by molar-refractivity contribution is -0.141. The molecule has 8 nitrogen and oxygen atoms in total. The van der Waals surface area contributed by atoms with E-state index in [1.807, 2.05) is 38.1 Å². The van der Waals surface area contributed by atoms with Crippen molar-refractivity contribution in [2.45, 2.75) is 33.2 Å². The van der Waals surface area contributed by atoms with Gasteiger partial charge in [0.25, 0.3) is 0 Å². The van der Waals surface area contributed by atoms with Crippen LogP contribution >= 0.6 is 0 Å². The molecule has 0 saturated carbocycles. The summed E-state index contributed by atoms with van der Waals surface area (Å²) in [4.78, 5) is 24.1. The maximum Gasteiger partial charge on any atom is 0.308 e. The molecule has 1 aromatic heterocycles. The van der Waals surface area contributed by atoms with Crippen LogP contribution in [0.4, 0.5) is 0 Å². The second kappa shape index (κ2) is 8.19. The Morgan fingerprint density at radius 3 is 2.62 bits per heavy atom. The molecule has 1 unspecified atom stereocenters. The van der Waals surface area contributed by atoms with Crippen LogP contribution in [0.1, 0.15) is 25.3 Å². The predicted octanol–water partition coefficient (Wildman–Crippen LogP) is 1.27. The molecule has 24 heavy (non-hydrogen) atoms. The van der Waals surface area contributed by atoms with Gasteiger partial charge in [0, 0.05) is 12.1 Å². The zero-order valence-corrected chi connectivity index (χ0v) is 13.8. The molecule has 0 bridgehead atoms. The number of benzene rings is 1. The lowest BCUT2D eigenvalue weighted by atomic mass is 10.0. The third-order valence-corrected chi connectivity index (χ3v) is 3.58. The summed E-state index contributed by atoms with van der Waals surface area (Å²) in [5, 5.41) is 23.6. The number of aromatic nitrogens is 4. The number of carboxylic acids is 1. The van der Waals surface area contributed by atoms with E-state index in [0.29, 0.717) is 12.2 Å². The molecule has 0 aliphatic carbocycles. The van der Waals surface area contributed by atoms with Crippen molar-refractivity contribution in [1.29, 1.82) is 0 Å². The van der Waals surface area contributed by atoms with Gasteiger partial charge in [-0.05, 0) is 18.6 Å². The highest BCUT2D eigenvalue weighted by Gasteiger charge is 2.17. The Hall–Kier alpha value is -2.77. The van der Waals surface area contributed by atoms with Crippen LogP contribution in [0, 0.1) is 12.8 Å². The van der Waals surface area contributed by atoms with Crippen LogP contribution in [-0.4, -0.2) is 43.7 Å². The average Bonchev–Trinajstić information content (AvgIpc) is 3.00. The van der Waals surface area contributed by atoms with E-state index in [2.05, 4.69) is 20.7 Å². The first-order valence-electron chi connectivity index (χ1n) is 7.84. The van der Waals surface area contributed by atoms with E-state index in [1.54, 1.807) is 0 Å². The summed E-state index contributed by atoms with van der Waals surface area (Å²) in [5.41, 5.74) is 1.95. The van der Waals surface area contributed by atoms with Gasteiger partial charge in [-0.25, -0.2) is 0 Å². The molecule has 1 heterocycles. The monoisotopic (exact) mass is 331 g/mol. The zero-order chi connectivity index (χ0) is 17.5. The fraction of sp³-hybridized carbons (Fsp3) is 0.438. The van der Waals surface area contributed by atoms with E-state index in [4.69, 9.17) is 5.11 Å². The van der Waals surface area contributed by atoms with Gasteiger partial charge in [-0.3, -0.25) is 9.59 Å². The van der Waals surface area contributed by atoms with E-state index >= 15 is 0 Å². The Balaban J connectivity index is 1.90. The smallest absolute Gasteiger partial charge is 0.308 e. The molecular formula is C16H21N5O3. The molecule has 0 aliphatic heterocycles.